The van der Waals surface area contributed by atoms with Crippen LogP contribution in [0, 0.1) is 0 Å². The molecule has 3 rings (SSSR count). The third-order valence-electron chi connectivity index (χ3n) is 5.09. The summed E-state index contributed by atoms with van der Waals surface area (Å²) in [6, 6.07) is 19.4. The number of amides is 2. The van der Waals surface area contributed by atoms with Crippen molar-refractivity contribution in [2.24, 2.45) is 0 Å². The second-order valence-corrected chi connectivity index (χ2v) is 6.78. The summed E-state index contributed by atoms with van der Waals surface area (Å²) in [6.07, 6.45) is 3.97. The fourth-order valence-electron chi connectivity index (χ4n) is 3.67. The van der Waals surface area contributed by atoms with E-state index in [-0.39, 0.29) is 12.1 Å². The van der Waals surface area contributed by atoms with E-state index < -0.39 is 11.8 Å². The molecular weight excluding hydrogens is 324 g/mol. The van der Waals surface area contributed by atoms with Crippen LogP contribution in [0.15, 0.2) is 60.7 Å². The Bertz CT molecular complexity index is 691. The van der Waals surface area contributed by atoms with Crippen LogP contribution in [0.5, 0.6) is 0 Å². The van der Waals surface area contributed by atoms with Gasteiger partial charge in [-0.25, -0.2) is 0 Å². The Balaban J connectivity index is 1.80. The summed E-state index contributed by atoms with van der Waals surface area (Å²) in [6.45, 7) is 2.75. The summed E-state index contributed by atoms with van der Waals surface area (Å²) in [5, 5.41) is 2.96. The normalized spacial score (nSPS) is 17.2. The number of hydrogen-bond donors (Lipinski definition) is 1. The molecule has 0 aromatic heterocycles. The van der Waals surface area contributed by atoms with Crippen molar-refractivity contribution in [3.63, 3.8) is 0 Å². The first kappa shape index (κ1) is 18.2. The maximum Gasteiger partial charge on any atom is 0.312 e. The molecule has 1 atom stereocenters. The van der Waals surface area contributed by atoms with Crippen molar-refractivity contribution in [3.05, 3.63) is 71.8 Å². The van der Waals surface area contributed by atoms with Crippen molar-refractivity contribution in [3.8, 4) is 0 Å². The van der Waals surface area contributed by atoms with Crippen LogP contribution in [0.1, 0.15) is 49.8 Å². The van der Waals surface area contributed by atoms with E-state index in [2.05, 4.69) is 12.2 Å². The second kappa shape index (κ2) is 8.65. The lowest BCUT2D eigenvalue weighted by Crippen LogP contribution is -2.50. The van der Waals surface area contributed by atoms with Crippen LogP contribution in [-0.2, 0) is 9.59 Å². The summed E-state index contributed by atoms with van der Waals surface area (Å²) >= 11 is 0. The molecule has 1 N–H and O–H groups in total. The summed E-state index contributed by atoms with van der Waals surface area (Å²) < 4.78 is 0. The third kappa shape index (κ3) is 4.13. The van der Waals surface area contributed by atoms with Crippen LogP contribution in [0.3, 0.4) is 0 Å². The van der Waals surface area contributed by atoms with E-state index in [4.69, 9.17) is 0 Å². The van der Waals surface area contributed by atoms with Crippen molar-refractivity contribution < 1.29 is 9.59 Å². The van der Waals surface area contributed by atoms with Crippen molar-refractivity contribution >= 4 is 11.8 Å². The molecule has 136 valence electrons. The quantitative estimate of drug-likeness (QED) is 0.855. The average Bonchev–Trinajstić information content (AvgIpc) is 2.72. The van der Waals surface area contributed by atoms with Crippen LogP contribution in [0.4, 0.5) is 0 Å². The first-order chi connectivity index (χ1) is 12.7. The van der Waals surface area contributed by atoms with Crippen LogP contribution < -0.4 is 5.32 Å². The molecule has 1 aliphatic heterocycles. The molecule has 0 spiro atoms. The van der Waals surface area contributed by atoms with Crippen molar-refractivity contribution in [1.29, 1.82) is 0 Å². The third-order valence-corrected chi connectivity index (χ3v) is 5.09. The molecule has 0 radical (unpaired) electrons. The van der Waals surface area contributed by atoms with Gasteiger partial charge < -0.3 is 10.2 Å². The van der Waals surface area contributed by atoms with E-state index in [0.29, 0.717) is 6.54 Å². The predicted molar refractivity (Wildman–Crippen MR) is 103 cm³/mol. The van der Waals surface area contributed by atoms with E-state index in [1.807, 2.05) is 60.7 Å². The molecule has 0 saturated carbocycles. The summed E-state index contributed by atoms with van der Waals surface area (Å²) in [7, 11) is 0. The number of carbonyl (C=O) groups excluding carboxylic acids is 2. The van der Waals surface area contributed by atoms with Crippen LogP contribution in [0.25, 0.3) is 0 Å². The molecule has 2 aromatic carbocycles. The summed E-state index contributed by atoms with van der Waals surface area (Å²) in [5.74, 6) is -0.934. The SMILES string of the molecule is CCC1CCCCN1C(=O)C(=O)NC(c1ccccc1)c1ccccc1. The lowest BCUT2D eigenvalue weighted by atomic mass is 9.98. The van der Waals surface area contributed by atoms with E-state index in [0.717, 1.165) is 36.8 Å². The van der Waals surface area contributed by atoms with E-state index >= 15 is 0 Å². The number of nitrogens with one attached hydrogen (secondary N) is 1. The maximum atomic E-state index is 12.8. The van der Waals surface area contributed by atoms with Gasteiger partial charge in [0.15, 0.2) is 0 Å². The summed E-state index contributed by atoms with van der Waals surface area (Å²) in [5.41, 5.74) is 1.93. The lowest BCUT2D eigenvalue weighted by molar-refractivity contribution is -0.148. The Kier molecular flexibility index (Phi) is 6.05. The van der Waals surface area contributed by atoms with Gasteiger partial charge in [-0.15, -0.1) is 0 Å². The van der Waals surface area contributed by atoms with Gasteiger partial charge in [0.05, 0.1) is 6.04 Å². The van der Waals surface area contributed by atoms with Crippen molar-refractivity contribution in [2.45, 2.75) is 44.7 Å². The predicted octanol–water partition coefficient (Wildman–Crippen LogP) is 3.68. The zero-order valence-corrected chi connectivity index (χ0v) is 15.2. The van der Waals surface area contributed by atoms with E-state index in [9.17, 15) is 9.59 Å². The highest BCUT2D eigenvalue weighted by Gasteiger charge is 2.31. The minimum atomic E-state index is -0.525. The van der Waals surface area contributed by atoms with Crippen molar-refractivity contribution in [2.75, 3.05) is 6.54 Å². The van der Waals surface area contributed by atoms with Gasteiger partial charge in [-0.05, 0) is 36.8 Å². The molecule has 2 amide bonds. The maximum absolute atomic E-state index is 12.8. The van der Waals surface area contributed by atoms with Gasteiger partial charge in [0, 0.05) is 12.6 Å². The number of nitrogens with zero attached hydrogens (tertiary/aromatic N) is 1. The smallest absolute Gasteiger partial charge is 0.312 e. The Morgan fingerprint density at radius 3 is 2.12 bits per heavy atom. The van der Waals surface area contributed by atoms with E-state index in [1.54, 1.807) is 4.90 Å². The molecule has 4 heteroatoms. The largest absolute Gasteiger partial charge is 0.337 e. The minimum absolute atomic E-state index is 0.175. The Morgan fingerprint density at radius 2 is 1.58 bits per heavy atom. The van der Waals surface area contributed by atoms with Gasteiger partial charge in [-0.3, -0.25) is 9.59 Å². The Labute approximate surface area is 155 Å². The van der Waals surface area contributed by atoms with Gasteiger partial charge in [0.2, 0.25) is 0 Å². The standard InChI is InChI=1S/C22H26N2O2/c1-2-19-15-9-10-16-24(19)22(26)21(25)23-20(17-11-5-3-6-12-17)18-13-7-4-8-14-18/h3-8,11-14,19-20H,2,9-10,15-16H2,1H3,(H,23,25). The zero-order valence-electron chi connectivity index (χ0n) is 15.2. The molecular formula is C22H26N2O2. The van der Waals surface area contributed by atoms with Gasteiger partial charge in [-0.2, -0.15) is 0 Å². The minimum Gasteiger partial charge on any atom is -0.337 e. The molecule has 4 nitrogen and oxygen atoms in total. The first-order valence-corrected chi connectivity index (χ1v) is 9.42. The number of piperidine rings is 1. The molecule has 0 bridgehead atoms. The van der Waals surface area contributed by atoms with Gasteiger partial charge in [-0.1, -0.05) is 67.6 Å². The highest BCUT2D eigenvalue weighted by atomic mass is 16.2. The molecule has 2 aromatic rings. The first-order valence-electron chi connectivity index (χ1n) is 9.42. The number of hydrogen-bond acceptors (Lipinski definition) is 2. The fourth-order valence-corrected chi connectivity index (χ4v) is 3.67. The number of benzene rings is 2. The summed E-state index contributed by atoms with van der Waals surface area (Å²) in [4.78, 5) is 27.3. The van der Waals surface area contributed by atoms with E-state index in [1.165, 1.54) is 0 Å². The zero-order chi connectivity index (χ0) is 18.4. The topological polar surface area (TPSA) is 49.4 Å². The van der Waals surface area contributed by atoms with Crippen LogP contribution in [-0.4, -0.2) is 29.3 Å². The Morgan fingerprint density at radius 1 is 1.00 bits per heavy atom. The highest BCUT2D eigenvalue weighted by molar-refractivity contribution is 6.35. The number of likely N-dealkylation sites (tertiary alicyclic amines) is 1. The van der Waals surface area contributed by atoms with Gasteiger partial charge >= 0.3 is 11.8 Å². The molecule has 1 aliphatic rings. The molecule has 1 heterocycles. The van der Waals surface area contributed by atoms with Gasteiger partial charge in [0.1, 0.15) is 0 Å². The highest BCUT2D eigenvalue weighted by Crippen LogP contribution is 2.23. The molecule has 0 aliphatic carbocycles. The van der Waals surface area contributed by atoms with Gasteiger partial charge in [0.25, 0.3) is 0 Å². The number of rotatable bonds is 4. The molecule has 26 heavy (non-hydrogen) atoms. The lowest BCUT2D eigenvalue weighted by Gasteiger charge is -2.35. The fraction of sp³-hybridized carbons (Fsp3) is 0.364. The molecule has 1 saturated heterocycles. The second-order valence-electron chi connectivity index (χ2n) is 6.78. The van der Waals surface area contributed by atoms with Crippen LogP contribution in [0.2, 0.25) is 0 Å². The van der Waals surface area contributed by atoms with Crippen LogP contribution >= 0.6 is 0 Å². The monoisotopic (exact) mass is 350 g/mol. The Hall–Kier alpha value is -2.62. The number of carbonyl (C=O) groups is 2. The molecule has 1 fully saturated rings. The molecule has 1 unspecified atom stereocenters. The van der Waals surface area contributed by atoms with Crippen molar-refractivity contribution in [1.82, 2.24) is 10.2 Å². The average molecular weight is 350 g/mol.